The van der Waals surface area contributed by atoms with Crippen LogP contribution in [0.1, 0.15) is 23.1 Å². The topological polar surface area (TPSA) is 124 Å². The molecule has 26 heavy (non-hydrogen) atoms. The van der Waals surface area contributed by atoms with Gasteiger partial charge in [0.25, 0.3) is 5.56 Å². The SMILES string of the molecule is CCOC(=O)c1cnc(SCc2nc3cc(Cl)ccc3c(=O)[nH]2)nc1N. The van der Waals surface area contributed by atoms with Crippen molar-refractivity contribution in [2.45, 2.75) is 17.8 Å². The van der Waals surface area contributed by atoms with Crippen LogP contribution >= 0.6 is 23.4 Å². The van der Waals surface area contributed by atoms with Gasteiger partial charge in [-0.05, 0) is 25.1 Å². The van der Waals surface area contributed by atoms with Crippen molar-refractivity contribution < 1.29 is 9.53 Å². The van der Waals surface area contributed by atoms with Gasteiger partial charge in [-0.15, -0.1) is 0 Å². The minimum atomic E-state index is -0.570. The number of thioether (sulfide) groups is 1. The number of benzene rings is 1. The van der Waals surface area contributed by atoms with E-state index in [1.165, 1.54) is 18.0 Å². The molecule has 0 radical (unpaired) electrons. The van der Waals surface area contributed by atoms with Gasteiger partial charge < -0.3 is 15.5 Å². The minimum Gasteiger partial charge on any atom is -0.462 e. The molecule has 0 aliphatic rings. The van der Waals surface area contributed by atoms with Crippen LogP contribution < -0.4 is 11.3 Å². The molecule has 3 N–H and O–H groups in total. The smallest absolute Gasteiger partial charge is 0.343 e. The molecule has 3 aromatic rings. The predicted molar refractivity (Wildman–Crippen MR) is 99.3 cm³/mol. The van der Waals surface area contributed by atoms with Gasteiger partial charge in [0.1, 0.15) is 17.2 Å². The number of fused-ring (bicyclic) bond motifs is 1. The number of carbonyl (C=O) groups is 1. The highest BCUT2D eigenvalue weighted by Gasteiger charge is 2.14. The molecule has 0 aliphatic heterocycles. The Hall–Kier alpha value is -2.65. The highest BCUT2D eigenvalue weighted by Crippen LogP contribution is 2.21. The summed E-state index contributed by atoms with van der Waals surface area (Å²) < 4.78 is 4.88. The van der Waals surface area contributed by atoms with E-state index in [0.717, 1.165) is 0 Å². The maximum absolute atomic E-state index is 12.1. The molecule has 0 amide bonds. The van der Waals surface area contributed by atoms with Gasteiger partial charge in [-0.3, -0.25) is 4.79 Å². The van der Waals surface area contributed by atoms with E-state index in [-0.39, 0.29) is 23.5 Å². The van der Waals surface area contributed by atoms with Crippen molar-refractivity contribution in [2.75, 3.05) is 12.3 Å². The number of nitrogen functional groups attached to an aromatic ring is 1. The third-order valence-corrected chi connectivity index (χ3v) is 4.45. The lowest BCUT2D eigenvalue weighted by molar-refractivity contribution is 0.0526. The van der Waals surface area contributed by atoms with Crippen LogP contribution in [-0.4, -0.2) is 32.5 Å². The minimum absolute atomic E-state index is 0.0349. The summed E-state index contributed by atoms with van der Waals surface area (Å²) in [4.78, 5) is 39.1. The number of halogens is 1. The number of nitrogens with one attached hydrogen (secondary N) is 1. The normalized spacial score (nSPS) is 10.8. The van der Waals surface area contributed by atoms with Crippen LogP contribution in [0.4, 0.5) is 5.82 Å². The number of hydrogen-bond donors (Lipinski definition) is 2. The first-order chi connectivity index (χ1) is 12.5. The summed E-state index contributed by atoms with van der Waals surface area (Å²) >= 11 is 7.17. The Bertz CT molecular complexity index is 1040. The summed E-state index contributed by atoms with van der Waals surface area (Å²) in [6, 6.07) is 4.89. The number of nitrogens with zero attached hydrogens (tertiary/aromatic N) is 3. The van der Waals surface area contributed by atoms with E-state index >= 15 is 0 Å². The number of aromatic amines is 1. The van der Waals surface area contributed by atoms with Gasteiger partial charge in [-0.25, -0.2) is 19.7 Å². The molecule has 0 saturated carbocycles. The fourth-order valence-corrected chi connectivity index (χ4v) is 3.04. The first-order valence-corrected chi connectivity index (χ1v) is 8.95. The Morgan fingerprint density at radius 3 is 2.92 bits per heavy atom. The zero-order valence-electron chi connectivity index (χ0n) is 13.7. The van der Waals surface area contributed by atoms with Crippen molar-refractivity contribution in [1.82, 2.24) is 19.9 Å². The van der Waals surface area contributed by atoms with Crippen molar-refractivity contribution >= 4 is 46.1 Å². The van der Waals surface area contributed by atoms with E-state index in [2.05, 4.69) is 19.9 Å². The molecule has 3 rings (SSSR count). The molecule has 0 saturated heterocycles. The third kappa shape index (κ3) is 3.94. The van der Waals surface area contributed by atoms with Gasteiger partial charge in [0.15, 0.2) is 5.16 Å². The zero-order chi connectivity index (χ0) is 18.7. The van der Waals surface area contributed by atoms with Gasteiger partial charge >= 0.3 is 5.97 Å². The fraction of sp³-hybridized carbons (Fsp3) is 0.188. The number of rotatable bonds is 5. The summed E-state index contributed by atoms with van der Waals surface area (Å²) in [6.45, 7) is 1.93. The van der Waals surface area contributed by atoms with Gasteiger partial charge in [-0.2, -0.15) is 0 Å². The quantitative estimate of drug-likeness (QED) is 0.386. The van der Waals surface area contributed by atoms with Crippen LogP contribution in [0.2, 0.25) is 5.02 Å². The first-order valence-electron chi connectivity index (χ1n) is 7.59. The lowest BCUT2D eigenvalue weighted by Gasteiger charge is -2.06. The molecule has 10 heteroatoms. The molecule has 8 nitrogen and oxygen atoms in total. The van der Waals surface area contributed by atoms with Crippen LogP contribution in [0, 0.1) is 0 Å². The van der Waals surface area contributed by atoms with Gasteiger partial charge in [0.2, 0.25) is 0 Å². The van der Waals surface area contributed by atoms with E-state index in [1.807, 2.05) is 0 Å². The maximum atomic E-state index is 12.1. The molecular weight excluding hydrogens is 378 g/mol. The highest BCUT2D eigenvalue weighted by atomic mass is 35.5. The van der Waals surface area contributed by atoms with Gasteiger partial charge in [0.05, 0.1) is 23.3 Å². The number of H-pyrrole nitrogens is 1. The van der Waals surface area contributed by atoms with Crippen LogP contribution in [-0.2, 0) is 10.5 Å². The van der Waals surface area contributed by atoms with Crippen molar-refractivity contribution in [2.24, 2.45) is 0 Å². The van der Waals surface area contributed by atoms with Crippen LogP contribution in [0.5, 0.6) is 0 Å². The lowest BCUT2D eigenvalue weighted by atomic mass is 10.2. The van der Waals surface area contributed by atoms with Crippen LogP contribution in [0.15, 0.2) is 34.3 Å². The number of anilines is 1. The van der Waals surface area contributed by atoms with E-state index < -0.39 is 5.97 Å². The molecule has 2 heterocycles. The predicted octanol–water partition coefficient (Wildman–Crippen LogP) is 2.42. The van der Waals surface area contributed by atoms with Gasteiger partial charge in [0, 0.05) is 11.2 Å². The maximum Gasteiger partial charge on any atom is 0.343 e. The summed E-state index contributed by atoms with van der Waals surface area (Å²) in [5, 5.41) is 1.31. The fourth-order valence-electron chi connectivity index (χ4n) is 2.18. The number of aromatic nitrogens is 4. The summed E-state index contributed by atoms with van der Waals surface area (Å²) in [6.07, 6.45) is 1.32. The highest BCUT2D eigenvalue weighted by molar-refractivity contribution is 7.98. The Labute approximate surface area is 157 Å². The molecule has 0 unspecified atom stereocenters. The largest absolute Gasteiger partial charge is 0.462 e. The molecule has 2 aromatic heterocycles. The monoisotopic (exact) mass is 391 g/mol. The van der Waals surface area contributed by atoms with Crippen molar-refractivity contribution in [3.8, 4) is 0 Å². The zero-order valence-corrected chi connectivity index (χ0v) is 15.2. The molecule has 0 aliphatic carbocycles. The second-order valence-electron chi connectivity index (χ2n) is 5.13. The molecule has 0 spiro atoms. The first kappa shape index (κ1) is 18.2. The number of ether oxygens (including phenoxy) is 1. The molecule has 134 valence electrons. The number of hydrogen-bond acceptors (Lipinski definition) is 8. The van der Waals surface area contributed by atoms with E-state index in [0.29, 0.717) is 32.7 Å². The van der Waals surface area contributed by atoms with Crippen molar-refractivity contribution in [3.63, 3.8) is 0 Å². The average Bonchev–Trinajstić information content (AvgIpc) is 2.59. The van der Waals surface area contributed by atoms with E-state index in [1.54, 1.807) is 25.1 Å². The van der Waals surface area contributed by atoms with Crippen LogP contribution in [0.3, 0.4) is 0 Å². The Balaban J connectivity index is 1.79. The third-order valence-electron chi connectivity index (χ3n) is 3.35. The summed E-state index contributed by atoms with van der Waals surface area (Å²) in [7, 11) is 0. The van der Waals surface area contributed by atoms with E-state index in [4.69, 9.17) is 22.1 Å². The molecule has 1 aromatic carbocycles. The second kappa shape index (κ2) is 7.71. The second-order valence-corrected chi connectivity index (χ2v) is 6.51. The average molecular weight is 392 g/mol. The summed E-state index contributed by atoms with van der Waals surface area (Å²) in [5.41, 5.74) is 6.16. The Morgan fingerprint density at radius 2 is 2.19 bits per heavy atom. The lowest BCUT2D eigenvalue weighted by Crippen LogP contribution is -2.12. The number of nitrogens with two attached hydrogens (primary N) is 1. The molecular formula is C16H14ClN5O3S. The van der Waals surface area contributed by atoms with Crippen molar-refractivity contribution in [3.05, 3.63) is 51.2 Å². The molecule has 0 fully saturated rings. The number of carbonyl (C=O) groups excluding carboxylic acids is 1. The van der Waals surface area contributed by atoms with Gasteiger partial charge in [-0.1, -0.05) is 23.4 Å². The molecule has 0 atom stereocenters. The van der Waals surface area contributed by atoms with E-state index in [9.17, 15) is 9.59 Å². The van der Waals surface area contributed by atoms with Crippen LogP contribution in [0.25, 0.3) is 10.9 Å². The summed E-state index contributed by atoms with van der Waals surface area (Å²) in [5.74, 6) is 0.230. The Kier molecular flexibility index (Phi) is 5.38. The Morgan fingerprint density at radius 1 is 1.38 bits per heavy atom. The standard InChI is InChI=1S/C16H14ClN5O3S/c1-2-25-15(24)10-6-19-16(22-13(10)18)26-7-12-20-11-5-8(17)3-4-9(11)14(23)21-12/h3-6H,2,7H2,1H3,(H2,18,19,22)(H,20,21,23). The molecule has 0 bridgehead atoms. The van der Waals surface area contributed by atoms with Crippen molar-refractivity contribution in [1.29, 1.82) is 0 Å². The number of esters is 1.